The highest BCUT2D eigenvalue weighted by Gasteiger charge is 2.02. The Labute approximate surface area is 118 Å². The highest BCUT2D eigenvalue weighted by Crippen LogP contribution is 2.20. The fourth-order valence-electron chi connectivity index (χ4n) is 1.77. The summed E-state index contributed by atoms with van der Waals surface area (Å²) in [6.45, 7) is 0. The quantitative estimate of drug-likeness (QED) is 0.716. The van der Waals surface area contributed by atoms with Gasteiger partial charge in [-0.05, 0) is 35.9 Å². The molecule has 3 aromatic rings. The van der Waals surface area contributed by atoms with Gasteiger partial charge in [0.25, 0.3) is 0 Å². The number of oxazole rings is 1. The maximum absolute atomic E-state index is 5.70. The third kappa shape index (κ3) is 2.69. The Hall–Kier alpha value is -2.07. The average Bonchev–Trinajstić information content (AvgIpc) is 2.80. The van der Waals surface area contributed by atoms with Gasteiger partial charge in [0.2, 0.25) is 5.89 Å². The summed E-state index contributed by atoms with van der Waals surface area (Å²) in [7, 11) is 0. The summed E-state index contributed by atoms with van der Waals surface area (Å²) < 4.78 is 6.66. The first kappa shape index (κ1) is 12.0. The zero-order valence-electron chi connectivity index (χ0n) is 10.0. The van der Waals surface area contributed by atoms with Gasteiger partial charge in [-0.2, -0.15) is 0 Å². The van der Waals surface area contributed by atoms with E-state index in [0.29, 0.717) is 17.2 Å². The minimum atomic E-state index is 0.573. The van der Waals surface area contributed by atoms with E-state index >= 15 is 0 Å². The number of anilines is 1. The fraction of sp³-hybridized carbons (Fsp3) is 0. The summed E-state index contributed by atoms with van der Waals surface area (Å²) in [4.78, 5) is 4.37. The van der Waals surface area contributed by atoms with Gasteiger partial charge in [-0.1, -0.05) is 28.1 Å². The Bertz CT molecular complexity index is 744. The van der Waals surface area contributed by atoms with Crippen LogP contribution in [-0.2, 0) is 0 Å². The van der Waals surface area contributed by atoms with Crippen LogP contribution < -0.4 is 5.73 Å². The van der Waals surface area contributed by atoms with Crippen LogP contribution in [-0.4, -0.2) is 4.98 Å². The number of halogens is 1. The van der Waals surface area contributed by atoms with Crippen LogP contribution in [0.2, 0.25) is 0 Å². The summed E-state index contributed by atoms with van der Waals surface area (Å²) in [6.07, 6.45) is 3.81. The molecule has 2 aromatic carbocycles. The normalized spacial score (nSPS) is 11.4. The lowest BCUT2D eigenvalue weighted by atomic mass is 10.2. The Morgan fingerprint density at radius 3 is 2.63 bits per heavy atom. The maximum atomic E-state index is 5.70. The summed E-state index contributed by atoms with van der Waals surface area (Å²) in [5.74, 6) is 0.573. The van der Waals surface area contributed by atoms with E-state index in [1.165, 1.54) is 0 Å². The highest BCUT2D eigenvalue weighted by molar-refractivity contribution is 9.10. The van der Waals surface area contributed by atoms with Crippen LogP contribution >= 0.6 is 15.9 Å². The van der Waals surface area contributed by atoms with Crippen molar-refractivity contribution in [3.8, 4) is 0 Å². The predicted octanol–water partition coefficient (Wildman–Crippen LogP) is 4.34. The van der Waals surface area contributed by atoms with Crippen LogP contribution in [0.15, 0.2) is 51.4 Å². The van der Waals surface area contributed by atoms with Crippen LogP contribution in [0.3, 0.4) is 0 Å². The molecule has 0 aliphatic rings. The zero-order valence-corrected chi connectivity index (χ0v) is 11.6. The summed E-state index contributed by atoms with van der Waals surface area (Å²) in [6, 6.07) is 13.5. The molecule has 0 unspecified atom stereocenters. The predicted molar refractivity (Wildman–Crippen MR) is 81.5 cm³/mol. The standard InChI is InChI=1S/C15H11BrN2O/c16-11-4-1-10(2-5-11)3-8-15-18-13-7-6-12(17)9-14(13)19-15/h1-9H,17H2/b8-3+. The fourth-order valence-corrected chi connectivity index (χ4v) is 2.04. The van der Waals surface area contributed by atoms with Gasteiger partial charge in [0.05, 0.1) is 0 Å². The van der Waals surface area contributed by atoms with Gasteiger partial charge in [-0.25, -0.2) is 4.98 Å². The topological polar surface area (TPSA) is 52.0 Å². The molecule has 1 heterocycles. The number of aromatic nitrogens is 1. The van der Waals surface area contributed by atoms with E-state index in [9.17, 15) is 0 Å². The molecule has 94 valence electrons. The Balaban J connectivity index is 1.90. The third-order valence-electron chi connectivity index (χ3n) is 2.72. The van der Waals surface area contributed by atoms with E-state index < -0.39 is 0 Å². The number of hydrogen-bond donors (Lipinski definition) is 1. The van der Waals surface area contributed by atoms with Crippen LogP contribution in [0.5, 0.6) is 0 Å². The summed E-state index contributed by atoms with van der Waals surface area (Å²) >= 11 is 3.40. The van der Waals surface area contributed by atoms with Crippen LogP contribution in [0, 0.1) is 0 Å². The van der Waals surface area contributed by atoms with Crippen molar-refractivity contribution in [1.29, 1.82) is 0 Å². The smallest absolute Gasteiger partial charge is 0.220 e. The van der Waals surface area contributed by atoms with Gasteiger partial charge >= 0.3 is 0 Å². The number of nitrogens with two attached hydrogens (primary N) is 1. The maximum Gasteiger partial charge on any atom is 0.220 e. The summed E-state index contributed by atoms with van der Waals surface area (Å²) in [5.41, 5.74) is 8.98. The second-order valence-electron chi connectivity index (χ2n) is 4.16. The first-order chi connectivity index (χ1) is 9.20. The highest BCUT2D eigenvalue weighted by atomic mass is 79.9. The molecule has 0 radical (unpaired) electrons. The lowest BCUT2D eigenvalue weighted by Gasteiger charge is -1.92. The zero-order chi connectivity index (χ0) is 13.2. The number of nitrogens with zero attached hydrogens (tertiary/aromatic N) is 1. The number of rotatable bonds is 2. The first-order valence-corrected chi connectivity index (χ1v) is 6.60. The molecule has 0 atom stereocenters. The van der Waals surface area contributed by atoms with E-state index in [0.717, 1.165) is 15.6 Å². The molecule has 0 fully saturated rings. The molecule has 0 aliphatic carbocycles. The number of benzene rings is 2. The SMILES string of the molecule is Nc1ccc2nc(/C=C/c3ccc(Br)cc3)oc2c1. The Kier molecular flexibility index (Phi) is 3.09. The molecule has 4 heteroatoms. The van der Waals surface area contributed by atoms with Gasteiger partial charge in [-0.3, -0.25) is 0 Å². The minimum absolute atomic E-state index is 0.573. The van der Waals surface area contributed by atoms with Gasteiger partial charge in [0.1, 0.15) is 5.52 Å². The van der Waals surface area contributed by atoms with Crippen molar-refractivity contribution in [2.75, 3.05) is 5.73 Å². The minimum Gasteiger partial charge on any atom is -0.437 e. The van der Waals surface area contributed by atoms with E-state index in [1.54, 1.807) is 6.07 Å². The van der Waals surface area contributed by atoms with Crippen molar-refractivity contribution in [1.82, 2.24) is 4.98 Å². The van der Waals surface area contributed by atoms with E-state index in [2.05, 4.69) is 20.9 Å². The number of hydrogen-bond acceptors (Lipinski definition) is 3. The molecule has 3 nitrogen and oxygen atoms in total. The first-order valence-electron chi connectivity index (χ1n) is 5.80. The molecule has 1 aromatic heterocycles. The molecule has 0 saturated carbocycles. The third-order valence-corrected chi connectivity index (χ3v) is 3.25. The van der Waals surface area contributed by atoms with Crippen molar-refractivity contribution in [3.05, 3.63) is 58.4 Å². The lowest BCUT2D eigenvalue weighted by molar-refractivity contribution is 0.590. The lowest BCUT2D eigenvalue weighted by Crippen LogP contribution is -1.81. The van der Waals surface area contributed by atoms with E-state index in [4.69, 9.17) is 10.2 Å². The molecular weight excluding hydrogens is 304 g/mol. The van der Waals surface area contributed by atoms with Crippen LogP contribution in [0.1, 0.15) is 11.5 Å². The Morgan fingerprint density at radius 1 is 1.05 bits per heavy atom. The average molecular weight is 315 g/mol. The molecular formula is C15H11BrN2O. The second-order valence-corrected chi connectivity index (χ2v) is 5.08. The van der Waals surface area contributed by atoms with Gasteiger partial charge < -0.3 is 10.2 Å². The monoisotopic (exact) mass is 314 g/mol. The summed E-state index contributed by atoms with van der Waals surface area (Å²) in [5, 5.41) is 0. The van der Waals surface area contributed by atoms with Crippen LogP contribution in [0.4, 0.5) is 5.69 Å². The molecule has 0 amide bonds. The van der Waals surface area contributed by atoms with Crippen molar-refractivity contribution < 1.29 is 4.42 Å². The number of fused-ring (bicyclic) bond motifs is 1. The molecule has 0 spiro atoms. The van der Waals surface area contributed by atoms with Crippen molar-refractivity contribution in [3.63, 3.8) is 0 Å². The Morgan fingerprint density at radius 2 is 1.84 bits per heavy atom. The van der Waals surface area contributed by atoms with Crippen molar-refractivity contribution >= 4 is 44.9 Å². The molecule has 0 bridgehead atoms. The van der Waals surface area contributed by atoms with Crippen molar-refractivity contribution in [2.45, 2.75) is 0 Å². The molecule has 0 saturated heterocycles. The van der Waals surface area contributed by atoms with E-state index in [-0.39, 0.29) is 0 Å². The number of nitrogen functional groups attached to an aromatic ring is 1. The van der Waals surface area contributed by atoms with Gasteiger partial charge in [0.15, 0.2) is 5.58 Å². The largest absolute Gasteiger partial charge is 0.437 e. The van der Waals surface area contributed by atoms with E-state index in [1.807, 2.05) is 48.6 Å². The van der Waals surface area contributed by atoms with Crippen LogP contribution in [0.25, 0.3) is 23.3 Å². The van der Waals surface area contributed by atoms with Gasteiger partial charge in [-0.15, -0.1) is 0 Å². The van der Waals surface area contributed by atoms with Gasteiger partial charge in [0, 0.05) is 22.3 Å². The molecule has 19 heavy (non-hydrogen) atoms. The second kappa shape index (κ2) is 4.90. The molecule has 3 rings (SSSR count). The molecule has 2 N–H and O–H groups in total. The van der Waals surface area contributed by atoms with Crippen molar-refractivity contribution in [2.24, 2.45) is 0 Å². The molecule has 0 aliphatic heterocycles.